The molecule has 1 fully saturated rings. The molecule has 1 aliphatic carbocycles. The average Bonchev–Trinajstić information content (AvgIpc) is 2.65. The van der Waals surface area contributed by atoms with Crippen LogP contribution in [0.15, 0.2) is 17.5 Å². The van der Waals surface area contributed by atoms with Gasteiger partial charge < -0.3 is 0 Å². The van der Waals surface area contributed by atoms with Crippen LogP contribution in [0.2, 0.25) is 0 Å². The third-order valence-electron chi connectivity index (χ3n) is 3.12. The van der Waals surface area contributed by atoms with E-state index in [1.807, 2.05) is 17.5 Å². The SMILES string of the molecule is CC1(C)CC(C(=O)NN)(c2cccs2)C1. The van der Waals surface area contributed by atoms with Crippen LogP contribution in [0.3, 0.4) is 0 Å². The average molecular weight is 224 g/mol. The third kappa shape index (κ3) is 1.58. The second-order valence-corrected chi connectivity index (χ2v) is 6.00. The zero-order chi connectivity index (χ0) is 11.1. The number of carbonyl (C=O) groups is 1. The molecular weight excluding hydrogens is 208 g/mol. The van der Waals surface area contributed by atoms with Gasteiger partial charge >= 0.3 is 0 Å². The number of hydrazine groups is 1. The van der Waals surface area contributed by atoms with E-state index in [-0.39, 0.29) is 16.7 Å². The fraction of sp³-hybridized carbons (Fsp3) is 0.545. The number of carbonyl (C=O) groups excluding carboxylic acids is 1. The lowest BCUT2D eigenvalue weighted by molar-refractivity contribution is -0.135. The van der Waals surface area contributed by atoms with Gasteiger partial charge in [-0.15, -0.1) is 11.3 Å². The van der Waals surface area contributed by atoms with Gasteiger partial charge in [-0.2, -0.15) is 0 Å². The Morgan fingerprint density at radius 1 is 1.53 bits per heavy atom. The molecular formula is C11H16N2OS. The van der Waals surface area contributed by atoms with E-state index < -0.39 is 0 Å². The fourth-order valence-corrected chi connectivity index (χ4v) is 3.64. The molecule has 0 aliphatic heterocycles. The van der Waals surface area contributed by atoms with Crippen molar-refractivity contribution in [2.24, 2.45) is 11.3 Å². The number of nitrogens with two attached hydrogens (primary N) is 1. The van der Waals surface area contributed by atoms with Crippen LogP contribution in [0, 0.1) is 5.41 Å². The fourth-order valence-electron chi connectivity index (χ4n) is 2.72. The minimum Gasteiger partial charge on any atom is -0.293 e. The van der Waals surface area contributed by atoms with Crippen molar-refractivity contribution in [2.45, 2.75) is 32.1 Å². The molecule has 3 N–H and O–H groups in total. The highest BCUT2D eigenvalue weighted by Gasteiger charge is 2.55. The summed E-state index contributed by atoms with van der Waals surface area (Å²) in [4.78, 5) is 13.0. The third-order valence-corrected chi connectivity index (χ3v) is 4.19. The molecule has 2 rings (SSSR count). The normalized spacial score (nSPS) is 21.8. The van der Waals surface area contributed by atoms with Gasteiger partial charge in [0.05, 0.1) is 5.41 Å². The molecule has 1 saturated carbocycles. The van der Waals surface area contributed by atoms with Crippen LogP contribution in [0.5, 0.6) is 0 Å². The number of amides is 1. The molecule has 0 atom stereocenters. The first-order valence-corrected chi connectivity index (χ1v) is 5.93. The van der Waals surface area contributed by atoms with E-state index >= 15 is 0 Å². The molecule has 3 nitrogen and oxygen atoms in total. The van der Waals surface area contributed by atoms with E-state index in [0.29, 0.717) is 0 Å². The predicted octanol–water partition coefficient (Wildman–Crippen LogP) is 1.80. The van der Waals surface area contributed by atoms with E-state index in [1.54, 1.807) is 11.3 Å². The van der Waals surface area contributed by atoms with Crippen LogP contribution in [0.1, 0.15) is 31.6 Å². The zero-order valence-electron chi connectivity index (χ0n) is 9.04. The highest BCUT2D eigenvalue weighted by molar-refractivity contribution is 7.10. The Labute approximate surface area is 93.6 Å². The van der Waals surface area contributed by atoms with Crippen molar-refractivity contribution in [3.05, 3.63) is 22.4 Å². The first-order chi connectivity index (χ1) is 7.00. The minimum absolute atomic E-state index is 0.0516. The van der Waals surface area contributed by atoms with Crippen LogP contribution in [0.25, 0.3) is 0 Å². The Bertz CT molecular complexity index is 362. The molecule has 1 aromatic rings. The lowest BCUT2D eigenvalue weighted by atomic mass is 9.53. The van der Waals surface area contributed by atoms with Gasteiger partial charge in [-0.25, -0.2) is 5.84 Å². The van der Waals surface area contributed by atoms with Gasteiger partial charge in [0.1, 0.15) is 0 Å². The Balaban J connectivity index is 2.31. The predicted molar refractivity (Wildman–Crippen MR) is 61.3 cm³/mol. The number of hydrogen-bond donors (Lipinski definition) is 2. The monoisotopic (exact) mass is 224 g/mol. The van der Waals surface area contributed by atoms with Gasteiger partial charge in [-0.3, -0.25) is 10.2 Å². The molecule has 0 unspecified atom stereocenters. The summed E-state index contributed by atoms with van der Waals surface area (Å²) >= 11 is 1.63. The molecule has 0 bridgehead atoms. The summed E-state index contributed by atoms with van der Waals surface area (Å²) in [6.07, 6.45) is 1.76. The Hall–Kier alpha value is -0.870. The molecule has 4 heteroatoms. The van der Waals surface area contributed by atoms with Crippen molar-refractivity contribution in [1.82, 2.24) is 5.43 Å². The quantitative estimate of drug-likeness (QED) is 0.457. The van der Waals surface area contributed by atoms with Crippen LogP contribution < -0.4 is 11.3 Å². The lowest BCUT2D eigenvalue weighted by Gasteiger charge is -2.51. The van der Waals surface area contributed by atoms with E-state index in [2.05, 4.69) is 19.3 Å². The first-order valence-electron chi connectivity index (χ1n) is 5.05. The maximum Gasteiger partial charge on any atom is 0.245 e. The van der Waals surface area contributed by atoms with Crippen molar-refractivity contribution < 1.29 is 4.79 Å². The summed E-state index contributed by atoms with van der Waals surface area (Å²) < 4.78 is 0. The van der Waals surface area contributed by atoms with Crippen LogP contribution in [-0.4, -0.2) is 5.91 Å². The van der Waals surface area contributed by atoms with Crippen molar-refractivity contribution in [2.75, 3.05) is 0 Å². The number of rotatable bonds is 2. The molecule has 1 aliphatic rings. The van der Waals surface area contributed by atoms with Crippen LogP contribution >= 0.6 is 11.3 Å². The van der Waals surface area contributed by atoms with E-state index in [9.17, 15) is 4.79 Å². The summed E-state index contributed by atoms with van der Waals surface area (Å²) in [5.41, 5.74) is 2.18. The van der Waals surface area contributed by atoms with Gasteiger partial charge in [0, 0.05) is 4.88 Å². The van der Waals surface area contributed by atoms with Crippen LogP contribution in [-0.2, 0) is 10.2 Å². The zero-order valence-corrected chi connectivity index (χ0v) is 9.86. The van der Waals surface area contributed by atoms with Gasteiger partial charge in [-0.05, 0) is 29.7 Å². The van der Waals surface area contributed by atoms with E-state index in [4.69, 9.17) is 5.84 Å². The summed E-state index contributed by atoms with van der Waals surface area (Å²) in [5.74, 6) is 5.22. The first kappa shape index (κ1) is 10.6. The van der Waals surface area contributed by atoms with Gasteiger partial charge in [0.15, 0.2) is 0 Å². The van der Waals surface area contributed by atoms with Gasteiger partial charge in [0.25, 0.3) is 0 Å². The molecule has 0 radical (unpaired) electrons. The molecule has 0 saturated heterocycles. The van der Waals surface area contributed by atoms with Crippen molar-refractivity contribution in [3.8, 4) is 0 Å². The highest BCUT2D eigenvalue weighted by Crippen LogP contribution is 2.56. The van der Waals surface area contributed by atoms with Gasteiger partial charge in [-0.1, -0.05) is 19.9 Å². The Morgan fingerprint density at radius 2 is 2.20 bits per heavy atom. The second kappa shape index (κ2) is 3.32. The van der Waals surface area contributed by atoms with Crippen molar-refractivity contribution in [3.63, 3.8) is 0 Å². The lowest BCUT2D eigenvalue weighted by Crippen LogP contribution is -2.57. The Kier molecular flexibility index (Phi) is 2.35. The maximum absolute atomic E-state index is 11.9. The summed E-state index contributed by atoms with van der Waals surface area (Å²) in [6, 6.07) is 4.01. The minimum atomic E-state index is -0.369. The standard InChI is InChI=1S/C11H16N2OS/c1-10(2)6-11(7-10,9(14)13-12)8-4-3-5-15-8/h3-5H,6-7,12H2,1-2H3,(H,13,14). The maximum atomic E-state index is 11.9. The summed E-state index contributed by atoms with van der Waals surface area (Å²) in [5, 5.41) is 2.01. The largest absolute Gasteiger partial charge is 0.293 e. The number of nitrogens with one attached hydrogen (secondary N) is 1. The Morgan fingerprint density at radius 3 is 2.60 bits per heavy atom. The molecule has 0 spiro atoms. The molecule has 1 heterocycles. The summed E-state index contributed by atoms with van der Waals surface area (Å²) in [7, 11) is 0. The number of hydrogen-bond acceptors (Lipinski definition) is 3. The van der Waals surface area contributed by atoms with Crippen LogP contribution in [0.4, 0.5) is 0 Å². The van der Waals surface area contributed by atoms with E-state index in [0.717, 1.165) is 17.7 Å². The molecule has 1 amide bonds. The molecule has 1 aromatic heterocycles. The highest BCUT2D eigenvalue weighted by atomic mass is 32.1. The van der Waals surface area contributed by atoms with Crippen molar-refractivity contribution >= 4 is 17.2 Å². The molecule has 15 heavy (non-hydrogen) atoms. The molecule has 82 valence electrons. The van der Waals surface area contributed by atoms with E-state index in [1.165, 1.54) is 0 Å². The molecule has 0 aromatic carbocycles. The topological polar surface area (TPSA) is 55.1 Å². The smallest absolute Gasteiger partial charge is 0.245 e. The van der Waals surface area contributed by atoms with Crippen molar-refractivity contribution in [1.29, 1.82) is 0 Å². The second-order valence-electron chi connectivity index (χ2n) is 5.05. The number of thiophene rings is 1. The van der Waals surface area contributed by atoms with Gasteiger partial charge in [0.2, 0.25) is 5.91 Å². The summed E-state index contributed by atoms with van der Waals surface area (Å²) in [6.45, 7) is 4.37.